The van der Waals surface area contributed by atoms with Gasteiger partial charge < -0.3 is 29.9 Å². The van der Waals surface area contributed by atoms with Crippen LogP contribution in [0.5, 0.6) is 5.75 Å². The van der Waals surface area contributed by atoms with E-state index in [1.807, 2.05) is 54.6 Å². The highest BCUT2D eigenvalue weighted by molar-refractivity contribution is 6.10. The van der Waals surface area contributed by atoms with Crippen molar-refractivity contribution in [2.24, 2.45) is 33.5 Å². The molecule has 3 N–H and O–H groups in total. The molecule has 0 heterocycles. The number of nitrogens with zero attached hydrogens (tertiary/aromatic N) is 1. The number of Topliss-reactive ketones (excluding diaryl/α,β-unsaturated/α-hetero) is 1. The standard InChI is InChI=1S/C41H52N2O6/c1-37-18-15-30(44)25-39(37)21-22-41(32(26-39)35(45)28-9-6-5-7-10-28)33(37)16-19-38(2)34(41)17-20-40(38,47)27-43(23-8-24-48-3)36(46)42-29-11-13-31(49-4)14-12-29/h5-7,9-14,21-22,26,30,33-34,44,47H,8,15-20,23-25,27H2,1-4H3,(H,42,46)/t30?,33-,34-,37-,38+,39+,40-,41-/m1/s1. The Kier molecular flexibility index (Phi) is 8.60. The fourth-order valence-electron chi connectivity index (χ4n) is 11.2. The first-order chi connectivity index (χ1) is 23.5. The van der Waals surface area contributed by atoms with Gasteiger partial charge in [0.05, 0.1) is 25.4 Å². The Morgan fingerprint density at radius 2 is 1.61 bits per heavy atom. The van der Waals surface area contributed by atoms with Crippen LogP contribution in [0.1, 0.15) is 75.6 Å². The molecule has 6 aliphatic carbocycles. The molecule has 0 aliphatic heterocycles. The number of allylic oxidation sites excluding steroid dienone is 4. The Labute approximate surface area is 290 Å². The fourth-order valence-corrected chi connectivity index (χ4v) is 11.2. The Morgan fingerprint density at radius 1 is 0.918 bits per heavy atom. The highest BCUT2D eigenvalue weighted by atomic mass is 16.5. The lowest BCUT2D eigenvalue weighted by molar-refractivity contribution is -0.174. The Bertz CT molecular complexity index is 1640. The molecule has 49 heavy (non-hydrogen) atoms. The third-order valence-electron chi connectivity index (χ3n) is 13.8. The molecule has 8 atom stereocenters. The number of rotatable bonds is 10. The van der Waals surface area contributed by atoms with Crippen molar-refractivity contribution >= 4 is 17.5 Å². The van der Waals surface area contributed by atoms with Gasteiger partial charge >= 0.3 is 6.03 Å². The summed E-state index contributed by atoms with van der Waals surface area (Å²) in [4.78, 5) is 30.3. The predicted octanol–water partition coefficient (Wildman–Crippen LogP) is 7.04. The summed E-state index contributed by atoms with van der Waals surface area (Å²) in [5.74, 6) is 0.975. The molecule has 6 aliphatic rings. The monoisotopic (exact) mass is 668 g/mol. The molecule has 2 spiro atoms. The molecule has 2 aromatic carbocycles. The molecule has 262 valence electrons. The van der Waals surface area contributed by atoms with E-state index in [2.05, 4.69) is 37.4 Å². The molecule has 1 unspecified atom stereocenters. The van der Waals surface area contributed by atoms with Crippen LogP contribution in [-0.4, -0.2) is 72.5 Å². The second kappa shape index (κ2) is 12.4. The van der Waals surface area contributed by atoms with E-state index < -0.39 is 22.5 Å². The van der Waals surface area contributed by atoms with Crippen molar-refractivity contribution in [3.05, 3.63) is 84.0 Å². The van der Waals surface area contributed by atoms with Crippen LogP contribution in [-0.2, 0) is 4.74 Å². The number of methoxy groups -OCH3 is 2. The van der Waals surface area contributed by atoms with E-state index in [0.29, 0.717) is 49.4 Å². The number of carbonyl (C=O) groups excluding carboxylic acids is 2. The van der Waals surface area contributed by atoms with Crippen LogP contribution in [0.3, 0.4) is 0 Å². The summed E-state index contributed by atoms with van der Waals surface area (Å²) in [6.07, 6.45) is 12.4. The molecule has 3 fully saturated rings. The highest BCUT2D eigenvalue weighted by Crippen LogP contribution is 2.78. The van der Waals surface area contributed by atoms with Crippen LogP contribution in [0.25, 0.3) is 0 Å². The van der Waals surface area contributed by atoms with E-state index in [-0.39, 0.29) is 41.0 Å². The van der Waals surface area contributed by atoms with Crippen molar-refractivity contribution in [3.8, 4) is 5.75 Å². The first kappa shape index (κ1) is 34.0. The summed E-state index contributed by atoms with van der Waals surface area (Å²) in [5, 5.41) is 26.9. The molecular formula is C41H52N2O6. The van der Waals surface area contributed by atoms with Gasteiger partial charge in [-0.2, -0.15) is 0 Å². The number of hydrogen-bond acceptors (Lipinski definition) is 6. The van der Waals surface area contributed by atoms with Gasteiger partial charge in [0.2, 0.25) is 0 Å². The van der Waals surface area contributed by atoms with Crippen LogP contribution in [0.15, 0.2) is 78.4 Å². The van der Waals surface area contributed by atoms with Crippen LogP contribution in [0, 0.1) is 33.5 Å². The van der Waals surface area contributed by atoms with Crippen molar-refractivity contribution in [1.82, 2.24) is 4.90 Å². The first-order valence-corrected chi connectivity index (χ1v) is 18.1. The molecular weight excluding hydrogens is 616 g/mol. The molecule has 0 aromatic heterocycles. The van der Waals surface area contributed by atoms with Gasteiger partial charge in [-0.1, -0.05) is 62.4 Å². The van der Waals surface area contributed by atoms with Crippen LogP contribution < -0.4 is 10.1 Å². The number of hydrogen-bond donors (Lipinski definition) is 3. The lowest BCUT2D eigenvalue weighted by atomic mass is 9.32. The first-order valence-electron chi connectivity index (χ1n) is 18.1. The summed E-state index contributed by atoms with van der Waals surface area (Å²) < 4.78 is 10.6. The summed E-state index contributed by atoms with van der Waals surface area (Å²) in [6, 6.07) is 16.6. The SMILES string of the molecule is COCCCN(C[C@]1(O)CC[C@H]2[C@]34C=C[C@@]5(C=C3C(=O)c3ccccc3)CC(O)CC[C@]5(C)[C@H]4CC[C@@]21C)C(=O)Nc1ccc(OC)cc1. The Hall–Kier alpha value is -3.46. The van der Waals surface area contributed by atoms with E-state index in [9.17, 15) is 19.8 Å². The van der Waals surface area contributed by atoms with Gasteiger partial charge in [0, 0.05) is 53.3 Å². The zero-order chi connectivity index (χ0) is 34.7. The van der Waals surface area contributed by atoms with Gasteiger partial charge in [-0.25, -0.2) is 4.79 Å². The van der Waals surface area contributed by atoms with E-state index in [1.54, 1.807) is 19.1 Å². The quantitative estimate of drug-likeness (QED) is 0.142. The van der Waals surface area contributed by atoms with E-state index in [0.717, 1.165) is 37.7 Å². The number of amides is 2. The third-order valence-corrected chi connectivity index (χ3v) is 13.8. The largest absolute Gasteiger partial charge is 0.497 e. The topological polar surface area (TPSA) is 108 Å². The molecule has 8 heteroatoms. The third kappa shape index (κ3) is 5.11. The van der Waals surface area contributed by atoms with Gasteiger partial charge in [0.15, 0.2) is 5.78 Å². The number of benzene rings is 2. The summed E-state index contributed by atoms with van der Waals surface area (Å²) in [7, 11) is 3.26. The van der Waals surface area contributed by atoms with Crippen molar-refractivity contribution in [2.45, 2.75) is 76.9 Å². The molecule has 8 nitrogen and oxygen atoms in total. The van der Waals surface area contributed by atoms with E-state index >= 15 is 0 Å². The van der Waals surface area contributed by atoms with Crippen molar-refractivity contribution in [1.29, 1.82) is 0 Å². The van der Waals surface area contributed by atoms with Gasteiger partial charge in [-0.3, -0.25) is 4.79 Å². The Balaban J connectivity index is 1.25. The number of urea groups is 1. The molecule has 2 bridgehead atoms. The summed E-state index contributed by atoms with van der Waals surface area (Å²) >= 11 is 0. The van der Waals surface area contributed by atoms with E-state index in [4.69, 9.17) is 9.47 Å². The van der Waals surface area contributed by atoms with Gasteiger partial charge in [0.1, 0.15) is 5.75 Å². The lowest BCUT2D eigenvalue weighted by Gasteiger charge is -2.71. The van der Waals surface area contributed by atoms with Crippen LogP contribution in [0.2, 0.25) is 0 Å². The maximum atomic E-state index is 14.7. The van der Waals surface area contributed by atoms with Crippen LogP contribution >= 0.6 is 0 Å². The minimum absolute atomic E-state index is 0.00589. The molecule has 3 saturated carbocycles. The van der Waals surface area contributed by atoms with Gasteiger partial charge in [0.25, 0.3) is 0 Å². The smallest absolute Gasteiger partial charge is 0.321 e. The van der Waals surface area contributed by atoms with E-state index in [1.165, 1.54) is 0 Å². The average Bonchev–Trinajstić information content (AvgIpc) is 3.38. The molecule has 0 radical (unpaired) electrons. The van der Waals surface area contributed by atoms with Crippen LogP contribution in [0.4, 0.5) is 10.5 Å². The van der Waals surface area contributed by atoms with Gasteiger partial charge in [-0.15, -0.1) is 0 Å². The summed E-state index contributed by atoms with van der Waals surface area (Å²) in [6.45, 7) is 5.74. The zero-order valence-corrected chi connectivity index (χ0v) is 29.4. The second-order valence-corrected chi connectivity index (χ2v) is 15.9. The lowest BCUT2D eigenvalue weighted by Crippen LogP contribution is -2.67. The molecule has 2 aromatic rings. The average molecular weight is 669 g/mol. The number of carbonyl (C=O) groups is 2. The predicted molar refractivity (Wildman–Crippen MR) is 189 cm³/mol. The number of anilines is 1. The normalized spacial score (nSPS) is 37.0. The van der Waals surface area contributed by atoms with Crippen molar-refractivity contribution in [2.75, 3.05) is 39.2 Å². The number of aliphatic hydroxyl groups excluding tert-OH is 1. The molecule has 0 saturated heterocycles. The summed E-state index contributed by atoms with van der Waals surface area (Å²) in [5.41, 5.74) is -0.565. The number of fused-ring (bicyclic) bond motifs is 1. The van der Waals surface area contributed by atoms with Crippen molar-refractivity contribution < 1.29 is 29.3 Å². The second-order valence-electron chi connectivity index (χ2n) is 15.9. The minimum Gasteiger partial charge on any atom is -0.497 e. The maximum absolute atomic E-state index is 14.7. The highest BCUT2D eigenvalue weighted by Gasteiger charge is 2.74. The van der Waals surface area contributed by atoms with Crippen molar-refractivity contribution in [3.63, 3.8) is 0 Å². The zero-order valence-electron chi connectivity index (χ0n) is 29.4. The molecule has 8 rings (SSSR count). The minimum atomic E-state index is -1.16. The number of nitrogens with one attached hydrogen (secondary N) is 1. The number of ketones is 1. The number of ether oxygens (including phenoxy) is 2. The maximum Gasteiger partial charge on any atom is 0.321 e. The Morgan fingerprint density at radius 3 is 2.33 bits per heavy atom. The van der Waals surface area contributed by atoms with Gasteiger partial charge in [-0.05, 0) is 92.9 Å². The number of aliphatic hydroxyl groups is 2. The fraction of sp³-hybridized carbons (Fsp3) is 0.561. The molecule has 2 amide bonds.